The monoisotopic (exact) mass is 261 g/mol. The number of nitrogens with zero attached hydrogens (tertiary/aromatic N) is 1. The Hall–Kier alpha value is -0.900. The van der Waals surface area contributed by atoms with Gasteiger partial charge in [0, 0.05) is 18.6 Å². The lowest BCUT2D eigenvalue weighted by atomic mass is 9.87. The molecule has 3 nitrogen and oxygen atoms in total. The molecule has 0 spiro atoms. The third kappa shape index (κ3) is 4.03. The second kappa shape index (κ2) is 7.04. The second-order valence-corrected chi connectivity index (χ2v) is 5.59. The number of hydrogen-bond acceptors (Lipinski definition) is 3. The van der Waals surface area contributed by atoms with Gasteiger partial charge in [-0.2, -0.15) is 0 Å². The Bertz CT molecular complexity index is 356. The van der Waals surface area contributed by atoms with Crippen LogP contribution in [0.2, 0.25) is 0 Å². The van der Waals surface area contributed by atoms with E-state index in [9.17, 15) is 0 Å². The fraction of sp³-hybridized carbons (Fsp3) is 0.625. The number of nitrogens with two attached hydrogens (primary N) is 1. The zero-order chi connectivity index (χ0) is 13.6. The summed E-state index contributed by atoms with van der Waals surface area (Å²) in [5.74, 6) is 0. The van der Waals surface area contributed by atoms with E-state index >= 15 is 0 Å². The van der Waals surface area contributed by atoms with Crippen molar-refractivity contribution in [3.63, 3.8) is 0 Å². The fourth-order valence-electron chi connectivity index (χ4n) is 2.96. The van der Waals surface area contributed by atoms with Crippen LogP contribution in [-0.4, -0.2) is 43.2 Å². The van der Waals surface area contributed by atoms with Crippen LogP contribution < -0.4 is 11.1 Å². The van der Waals surface area contributed by atoms with Gasteiger partial charge in [-0.05, 0) is 44.5 Å². The number of nitrogens with one attached hydrogen (secondary N) is 1. The van der Waals surface area contributed by atoms with Crippen LogP contribution in [0.1, 0.15) is 25.3 Å². The standard InChI is InChI=1S/C16H27N3/c1-2-18-16(14-17)9-12-19(13-10-16)11-8-15-6-4-3-5-7-15/h3-7,18H,2,8-14,17H2,1H3. The summed E-state index contributed by atoms with van der Waals surface area (Å²) in [6, 6.07) is 10.8. The molecule has 0 atom stereocenters. The maximum atomic E-state index is 5.95. The van der Waals surface area contributed by atoms with E-state index in [0.29, 0.717) is 0 Å². The molecule has 0 radical (unpaired) electrons. The molecule has 1 aromatic carbocycles. The minimum absolute atomic E-state index is 0.192. The molecule has 2 rings (SSSR count). The van der Waals surface area contributed by atoms with Crippen molar-refractivity contribution < 1.29 is 0 Å². The van der Waals surface area contributed by atoms with E-state index in [4.69, 9.17) is 5.73 Å². The molecule has 0 saturated carbocycles. The van der Waals surface area contributed by atoms with E-state index < -0.39 is 0 Å². The van der Waals surface area contributed by atoms with Crippen molar-refractivity contribution in [2.45, 2.75) is 31.7 Å². The topological polar surface area (TPSA) is 41.3 Å². The van der Waals surface area contributed by atoms with E-state index in [2.05, 4.69) is 47.5 Å². The first-order valence-corrected chi connectivity index (χ1v) is 7.49. The van der Waals surface area contributed by atoms with Crippen LogP contribution in [-0.2, 0) is 6.42 Å². The number of benzene rings is 1. The van der Waals surface area contributed by atoms with Gasteiger partial charge in [0.05, 0.1) is 0 Å². The highest BCUT2D eigenvalue weighted by Crippen LogP contribution is 2.21. The summed E-state index contributed by atoms with van der Waals surface area (Å²) in [4.78, 5) is 2.57. The Labute approximate surface area is 117 Å². The van der Waals surface area contributed by atoms with Gasteiger partial charge < -0.3 is 16.0 Å². The maximum Gasteiger partial charge on any atom is 0.0328 e. The highest BCUT2D eigenvalue weighted by molar-refractivity contribution is 5.14. The third-order valence-corrected chi connectivity index (χ3v) is 4.32. The van der Waals surface area contributed by atoms with Gasteiger partial charge in [0.15, 0.2) is 0 Å². The normalized spacial score (nSPS) is 19.5. The van der Waals surface area contributed by atoms with Crippen LogP contribution in [0.5, 0.6) is 0 Å². The first-order valence-electron chi connectivity index (χ1n) is 7.49. The Kier molecular flexibility index (Phi) is 5.37. The summed E-state index contributed by atoms with van der Waals surface area (Å²) < 4.78 is 0. The summed E-state index contributed by atoms with van der Waals surface area (Å²) in [6.45, 7) is 7.43. The van der Waals surface area contributed by atoms with Gasteiger partial charge >= 0.3 is 0 Å². The van der Waals surface area contributed by atoms with Crippen LogP contribution in [0.25, 0.3) is 0 Å². The van der Waals surface area contributed by atoms with Crippen molar-refractivity contribution in [1.29, 1.82) is 0 Å². The van der Waals surface area contributed by atoms with Crippen molar-refractivity contribution in [2.75, 3.05) is 32.7 Å². The Balaban J connectivity index is 1.77. The number of hydrogen-bond donors (Lipinski definition) is 2. The summed E-state index contributed by atoms with van der Waals surface area (Å²) in [7, 11) is 0. The molecular weight excluding hydrogens is 234 g/mol. The van der Waals surface area contributed by atoms with Crippen LogP contribution in [0, 0.1) is 0 Å². The first kappa shape index (κ1) is 14.5. The molecule has 0 bridgehead atoms. The quantitative estimate of drug-likeness (QED) is 0.818. The van der Waals surface area contributed by atoms with Gasteiger partial charge in [-0.15, -0.1) is 0 Å². The van der Waals surface area contributed by atoms with Crippen LogP contribution in [0.15, 0.2) is 30.3 Å². The van der Waals surface area contributed by atoms with E-state index in [1.54, 1.807) is 0 Å². The third-order valence-electron chi connectivity index (χ3n) is 4.32. The highest BCUT2D eigenvalue weighted by Gasteiger charge is 2.31. The van der Waals surface area contributed by atoms with Gasteiger partial charge in [-0.25, -0.2) is 0 Å². The number of piperidine rings is 1. The number of likely N-dealkylation sites (N-methyl/N-ethyl adjacent to an activating group) is 1. The highest BCUT2D eigenvalue weighted by atomic mass is 15.2. The molecule has 1 saturated heterocycles. The van der Waals surface area contributed by atoms with E-state index in [1.165, 1.54) is 18.4 Å². The van der Waals surface area contributed by atoms with Crippen molar-refractivity contribution in [2.24, 2.45) is 5.73 Å². The molecule has 1 aromatic rings. The van der Waals surface area contributed by atoms with Gasteiger partial charge in [0.2, 0.25) is 0 Å². The van der Waals surface area contributed by atoms with Crippen LogP contribution in [0.3, 0.4) is 0 Å². The molecule has 0 unspecified atom stereocenters. The van der Waals surface area contributed by atoms with Crippen molar-refractivity contribution in [3.8, 4) is 0 Å². The Morgan fingerprint density at radius 2 is 1.89 bits per heavy atom. The van der Waals surface area contributed by atoms with Crippen LogP contribution in [0.4, 0.5) is 0 Å². The van der Waals surface area contributed by atoms with Gasteiger partial charge in [0.25, 0.3) is 0 Å². The molecule has 1 aliphatic rings. The smallest absolute Gasteiger partial charge is 0.0328 e. The summed E-state index contributed by atoms with van der Waals surface area (Å²) in [6.07, 6.45) is 3.50. The molecule has 1 fully saturated rings. The molecule has 0 amide bonds. The first-order chi connectivity index (χ1) is 9.28. The predicted molar refractivity (Wildman–Crippen MR) is 81.3 cm³/mol. The van der Waals surface area contributed by atoms with Crippen molar-refractivity contribution in [1.82, 2.24) is 10.2 Å². The van der Waals surface area contributed by atoms with Gasteiger partial charge in [0.1, 0.15) is 0 Å². The molecular formula is C16H27N3. The molecule has 1 heterocycles. The summed E-state index contributed by atoms with van der Waals surface area (Å²) in [5.41, 5.74) is 7.58. The lowest BCUT2D eigenvalue weighted by Gasteiger charge is -2.41. The lowest BCUT2D eigenvalue weighted by Crippen LogP contribution is -2.57. The molecule has 3 N–H and O–H groups in total. The molecule has 3 heteroatoms. The summed E-state index contributed by atoms with van der Waals surface area (Å²) in [5, 5.41) is 3.59. The van der Waals surface area contributed by atoms with Crippen molar-refractivity contribution in [3.05, 3.63) is 35.9 Å². The van der Waals surface area contributed by atoms with Gasteiger partial charge in [-0.1, -0.05) is 37.3 Å². The largest absolute Gasteiger partial charge is 0.329 e. The average molecular weight is 261 g/mol. The zero-order valence-corrected chi connectivity index (χ0v) is 12.1. The average Bonchev–Trinajstić information content (AvgIpc) is 2.48. The minimum atomic E-state index is 0.192. The van der Waals surface area contributed by atoms with E-state index in [1.807, 2.05) is 0 Å². The molecule has 0 aliphatic carbocycles. The maximum absolute atomic E-state index is 5.95. The SMILES string of the molecule is CCNC1(CN)CCN(CCc2ccccc2)CC1. The van der Waals surface area contributed by atoms with E-state index in [0.717, 1.165) is 39.1 Å². The molecule has 0 aromatic heterocycles. The lowest BCUT2D eigenvalue weighted by molar-refractivity contribution is 0.142. The minimum Gasteiger partial charge on any atom is -0.329 e. The van der Waals surface area contributed by atoms with Crippen molar-refractivity contribution >= 4 is 0 Å². The number of rotatable bonds is 6. The predicted octanol–water partition coefficient (Wildman–Crippen LogP) is 1.63. The second-order valence-electron chi connectivity index (χ2n) is 5.59. The van der Waals surface area contributed by atoms with Crippen LogP contribution >= 0.6 is 0 Å². The Morgan fingerprint density at radius 1 is 1.21 bits per heavy atom. The molecule has 19 heavy (non-hydrogen) atoms. The van der Waals surface area contributed by atoms with Gasteiger partial charge in [-0.3, -0.25) is 0 Å². The zero-order valence-electron chi connectivity index (χ0n) is 12.1. The molecule has 106 valence electrons. The summed E-state index contributed by atoms with van der Waals surface area (Å²) >= 11 is 0. The molecule has 1 aliphatic heterocycles. The fourth-order valence-corrected chi connectivity index (χ4v) is 2.96. The Morgan fingerprint density at radius 3 is 2.47 bits per heavy atom. The van der Waals surface area contributed by atoms with E-state index in [-0.39, 0.29) is 5.54 Å². The number of likely N-dealkylation sites (tertiary alicyclic amines) is 1.